The van der Waals surface area contributed by atoms with Crippen molar-refractivity contribution in [3.05, 3.63) is 23.8 Å². The summed E-state index contributed by atoms with van der Waals surface area (Å²) in [5, 5.41) is 6.65. The van der Waals surface area contributed by atoms with Crippen LogP contribution in [0.3, 0.4) is 0 Å². The quantitative estimate of drug-likeness (QED) is 0.239. The predicted octanol–water partition coefficient (Wildman–Crippen LogP) is 3.52. The first-order valence-electron chi connectivity index (χ1n) is 7.98. The van der Waals surface area contributed by atoms with Crippen LogP contribution in [0, 0.1) is 0 Å². The molecule has 0 aliphatic rings. The minimum absolute atomic E-state index is 0. The van der Waals surface area contributed by atoms with E-state index in [4.69, 9.17) is 9.47 Å². The van der Waals surface area contributed by atoms with Crippen LogP contribution in [0.4, 0.5) is 0 Å². The van der Waals surface area contributed by atoms with E-state index in [2.05, 4.69) is 21.9 Å². The molecule has 0 spiro atoms. The lowest BCUT2D eigenvalue weighted by atomic mass is 10.2. The van der Waals surface area contributed by atoms with Gasteiger partial charge in [-0.15, -0.1) is 24.0 Å². The molecule has 0 bridgehead atoms. The minimum Gasteiger partial charge on any atom is -0.493 e. The van der Waals surface area contributed by atoms with E-state index < -0.39 is 0 Å². The third-order valence-electron chi connectivity index (χ3n) is 3.28. The number of guanidine groups is 1. The number of ether oxygens (including phenoxy) is 2. The number of nitrogens with one attached hydrogen (secondary N) is 2. The summed E-state index contributed by atoms with van der Waals surface area (Å²) in [4.78, 5) is 4.24. The monoisotopic (exact) mass is 467 g/mol. The molecule has 0 aliphatic carbocycles. The molecule has 7 heteroatoms. The lowest BCUT2D eigenvalue weighted by molar-refractivity contribution is 0.310. The molecule has 1 aromatic rings. The Balaban J connectivity index is 0.00000529. The van der Waals surface area contributed by atoms with E-state index in [1.165, 1.54) is 12.2 Å². The van der Waals surface area contributed by atoms with Gasteiger partial charge in [-0.25, -0.2) is 0 Å². The molecule has 0 fully saturated rings. The van der Waals surface area contributed by atoms with E-state index in [0.29, 0.717) is 13.2 Å². The summed E-state index contributed by atoms with van der Waals surface area (Å²) in [5.74, 6) is 3.56. The second-order valence-electron chi connectivity index (χ2n) is 4.97. The number of thioether (sulfide) groups is 1. The van der Waals surface area contributed by atoms with Crippen molar-refractivity contribution in [1.82, 2.24) is 10.6 Å². The number of methoxy groups -OCH3 is 1. The molecule has 5 nitrogen and oxygen atoms in total. The maximum absolute atomic E-state index is 5.53. The zero-order valence-corrected chi connectivity index (χ0v) is 18.2. The normalized spacial score (nSPS) is 10.8. The molecule has 0 saturated heterocycles. The summed E-state index contributed by atoms with van der Waals surface area (Å²) in [6.07, 6.45) is 4.51. The van der Waals surface area contributed by atoms with Gasteiger partial charge in [0, 0.05) is 20.1 Å². The highest BCUT2D eigenvalue weighted by atomic mass is 127. The van der Waals surface area contributed by atoms with E-state index >= 15 is 0 Å². The van der Waals surface area contributed by atoms with Crippen LogP contribution in [0.15, 0.2) is 23.2 Å². The second-order valence-corrected chi connectivity index (χ2v) is 5.96. The summed E-state index contributed by atoms with van der Waals surface area (Å²) < 4.78 is 10.9. The minimum atomic E-state index is 0. The first-order valence-corrected chi connectivity index (χ1v) is 9.37. The van der Waals surface area contributed by atoms with Crippen molar-refractivity contribution in [2.75, 3.05) is 39.3 Å². The summed E-state index contributed by atoms with van der Waals surface area (Å²) in [6, 6.07) is 5.97. The van der Waals surface area contributed by atoms with Gasteiger partial charge in [-0.3, -0.25) is 4.99 Å². The molecular weight excluding hydrogens is 437 g/mol. The number of halogens is 1. The van der Waals surface area contributed by atoms with Crippen LogP contribution in [0.5, 0.6) is 11.5 Å². The first-order chi connectivity index (χ1) is 11.2. The highest BCUT2D eigenvalue weighted by molar-refractivity contribution is 14.0. The van der Waals surface area contributed by atoms with Crippen molar-refractivity contribution in [2.24, 2.45) is 4.99 Å². The van der Waals surface area contributed by atoms with Gasteiger partial charge in [0.15, 0.2) is 17.5 Å². The molecular formula is C17H30IN3O2S. The highest BCUT2D eigenvalue weighted by Gasteiger charge is 2.06. The molecule has 0 amide bonds. The van der Waals surface area contributed by atoms with Crippen molar-refractivity contribution in [1.29, 1.82) is 0 Å². The summed E-state index contributed by atoms with van der Waals surface area (Å²) in [5.41, 5.74) is 1.12. The van der Waals surface area contributed by atoms with Crippen molar-refractivity contribution in [2.45, 2.75) is 26.3 Å². The largest absolute Gasteiger partial charge is 0.493 e. The summed E-state index contributed by atoms with van der Waals surface area (Å²) >= 11 is 1.89. The molecule has 0 aliphatic heterocycles. The molecule has 0 aromatic heterocycles. The molecule has 0 saturated carbocycles. The van der Waals surface area contributed by atoms with Crippen molar-refractivity contribution in [3.8, 4) is 11.5 Å². The van der Waals surface area contributed by atoms with Gasteiger partial charge >= 0.3 is 0 Å². The average molecular weight is 467 g/mol. The number of nitrogens with zero attached hydrogens (tertiary/aromatic N) is 1. The SMILES string of the molecule is CCOc1ccc(CNC(=NC)NCCCCSC)cc1OC.I. The first kappa shape index (κ1) is 23.2. The molecule has 1 rings (SSSR count). The van der Waals surface area contributed by atoms with Crippen molar-refractivity contribution in [3.63, 3.8) is 0 Å². The summed E-state index contributed by atoms with van der Waals surface area (Å²) in [6.45, 7) is 4.21. The van der Waals surface area contributed by atoms with Crippen LogP contribution in [0.2, 0.25) is 0 Å². The van der Waals surface area contributed by atoms with E-state index in [9.17, 15) is 0 Å². The Morgan fingerprint density at radius 1 is 1.21 bits per heavy atom. The zero-order valence-electron chi connectivity index (χ0n) is 15.1. The Kier molecular flexibility index (Phi) is 14.0. The molecule has 0 radical (unpaired) electrons. The standard InChI is InChI=1S/C17H29N3O2S.HI/c1-5-22-15-9-8-14(12-16(15)21-3)13-20-17(18-2)19-10-6-7-11-23-4;/h8-9,12H,5-7,10-11,13H2,1-4H3,(H2,18,19,20);1H. The number of hydrogen-bond donors (Lipinski definition) is 2. The van der Waals surface area contributed by atoms with Gasteiger partial charge in [0.2, 0.25) is 0 Å². The number of hydrogen-bond acceptors (Lipinski definition) is 4. The van der Waals surface area contributed by atoms with Gasteiger partial charge in [-0.05, 0) is 49.5 Å². The predicted molar refractivity (Wildman–Crippen MR) is 115 cm³/mol. The number of unbranched alkanes of at least 4 members (excludes halogenated alkanes) is 1. The number of rotatable bonds is 10. The highest BCUT2D eigenvalue weighted by Crippen LogP contribution is 2.27. The van der Waals surface area contributed by atoms with Gasteiger partial charge in [-0.2, -0.15) is 11.8 Å². The number of benzene rings is 1. The average Bonchev–Trinajstić information content (AvgIpc) is 2.58. The van der Waals surface area contributed by atoms with E-state index in [1.807, 2.05) is 36.9 Å². The fourth-order valence-corrected chi connectivity index (χ4v) is 2.57. The number of aliphatic imine (C=N–C) groups is 1. The Morgan fingerprint density at radius 2 is 2.00 bits per heavy atom. The van der Waals surface area contributed by atoms with Crippen molar-refractivity contribution < 1.29 is 9.47 Å². The fraction of sp³-hybridized carbons (Fsp3) is 0.588. The van der Waals surface area contributed by atoms with Crippen LogP contribution < -0.4 is 20.1 Å². The van der Waals surface area contributed by atoms with Gasteiger partial charge in [0.25, 0.3) is 0 Å². The van der Waals surface area contributed by atoms with Crippen LogP contribution in [-0.2, 0) is 6.54 Å². The molecule has 0 unspecified atom stereocenters. The van der Waals surface area contributed by atoms with Crippen LogP contribution >= 0.6 is 35.7 Å². The van der Waals surface area contributed by atoms with Crippen molar-refractivity contribution >= 4 is 41.7 Å². The lowest BCUT2D eigenvalue weighted by Crippen LogP contribution is -2.37. The third kappa shape index (κ3) is 8.86. The van der Waals surface area contributed by atoms with Gasteiger partial charge in [0.05, 0.1) is 13.7 Å². The Hall–Kier alpha value is -0.830. The van der Waals surface area contributed by atoms with Gasteiger partial charge in [-0.1, -0.05) is 6.07 Å². The Morgan fingerprint density at radius 3 is 2.62 bits per heavy atom. The van der Waals surface area contributed by atoms with Crippen LogP contribution in [0.1, 0.15) is 25.3 Å². The lowest BCUT2D eigenvalue weighted by Gasteiger charge is -2.14. The van der Waals surface area contributed by atoms with Crippen LogP contribution in [0.25, 0.3) is 0 Å². The van der Waals surface area contributed by atoms with Gasteiger partial charge < -0.3 is 20.1 Å². The summed E-state index contributed by atoms with van der Waals surface area (Å²) in [7, 11) is 3.44. The van der Waals surface area contributed by atoms with E-state index in [0.717, 1.165) is 36.0 Å². The second kappa shape index (κ2) is 14.5. The molecule has 24 heavy (non-hydrogen) atoms. The topological polar surface area (TPSA) is 54.9 Å². The molecule has 2 N–H and O–H groups in total. The third-order valence-corrected chi connectivity index (χ3v) is 3.98. The molecule has 1 aromatic carbocycles. The molecule has 138 valence electrons. The molecule has 0 atom stereocenters. The Bertz CT molecular complexity index is 487. The fourth-order valence-electron chi connectivity index (χ4n) is 2.08. The maximum Gasteiger partial charge on any atom is 0.191 e. The zero-order chi connectivity index (χ0) is 16.9. The van der Waals surface area contributed by atoms with E-state index in [1.54, 1.807) is 14.2 Å². The maximum atomic E-state index is 5.53. The van der Waals surface area contributed by atoms with E-state index in [-0.39, 0.29) is 24.0 Å². The molecule has 0 heterocycles. The smallest absolute Gasteiger partial charge is 0.191 e. The van der Waals surface area contributed by atoms with Crippen LogP contribution in [-0.4, -0.2) is 45.3 Å². The van der Waals surface area contributed by atoms with Gasteiger partial charge in [0.1, 0.15) is 0 Å². The Labute approximate surface area is 167 Å².